The first-order valence-corrected chi connectivity index (χ1v) is 8.32. The topological polar surface area (TPSA) is 66.8 Å². The second-order valence-electron chi connectivity index (χ2n) is 9.42. The molecule has 0 unspecified atom stereocenters. The van der Waals surface area contributed by atoms with Crippen molar-refractivity contribution in [3.63, 3.8) is 0 Å². The van der Waals surface area contributed by atoms with Gasteiger partial charge in [-0.3, -0.25) is 14.4 Å². The van der Waals surface area contributed by atoms with E-state index in [9.17, 15) is 14.7 Å². The summed E-state index contributed by atoms with van der Waals surface area (Å²) in [5.74, 6) is -0.519. The van der Waals surface area contributed by atoms with Crippen LogP contribution < -0.4 is 0 Å². The maximum absolute atomic E-state index is 12.5. The maximum atomic E-state index is 12.5. The lowest BCUT2D eigenvalue weighted by molar-refractivity contribution is -0.278. The Labute approximate surface area is 140 Å². The molecular formula is C18H33NO4. The predicted molar refractivity (Wildman–Crippen MR) is 89.3 cm³/mol. The smallest absolute Gasteiger partial charge is 0.251 e. The molecule has 5 heteroatoms. The molecule has 1 aliphatic heterocycles. The van der Waals surface area contributed by atoms with Crippen molar-refractivity contribution in [1.29, 1.82) is 0 Å². The molecule has 0 bridgehead atoms. The molecule has 0 saturated carbocycles. The van der Waals surface area contributed by atoms with Gasteiger partial charge in [0.1, 0.15) is 11.4 Å². The number of amides is 1. The minimum Gasteiger partial charge on any atom is -0.368 e. The summed E-state index contributed by atoms with van der Waals surface area (Å²) in [6.07, 6.45) is 0.376. The fraction of sp³-hybridized carbons (Fsp3) is 0.889. The summed E-state index contributed by atoms with van der Waals surface area (Å²) in [5, 5.41) is 12.3. The average molecular weight is 327 g/mol. The van der Waals surface area contributed by atoms with E-state index in [4.69, 9.17) is 4.84 Å². The van der Waals surface area contributed by atoms with Crippen molar-refractivity contribution in [2.45, 2.75) is 86.5 Å². The number of hydrogen-bond acceptors (Lipinski definition) is 4. The molecule has 0 aromatic heterocycles. The molecule has 1 rings (SSSR count). The van der Waals surface area contributed by atoms with Crippen LogP contribution in [0.3, 0.4) is 0 Å². The first kappa shape index (κ1) is 20.1. The van der Waals surface area contributed by atoms with Gasteiger partial charge in [-0.2, -0.15) is 5.06 Å². The standard InChI is InChI=1S/C18H33NO4/c1-12(2)14(21)19-18(22,16(6,7)8)11-17(9,23-19)10-13(20)15(3,4)5/h12,22H,10-11H2,1-9H3/t17-,18-/m0/s1. The van der Waals surface area contributed by atoms with Crippen LogP contribution in [0.2, 0.25) is 0 Å². The van der Waals surface area contributed by atoms with Crippen LogP contribution in [0, 0.1) is 16.7 Å². The molecule has 0 aliphatic carbocycles. The third-order valence-corrected chi connectivity index (χ3v) is 4.53. The van der Waals surface area contributed by atoms with Crippen molar-refractivity contribution in [1.82, 2.24) is 5.06 Å². The Bertz CT molecular complexity index is 486. The van der Waals surface area contributed by atoms with Crippen LogP contribution in [0.4, 0.5) is 0 Å². The molecule has 0 spiro atoms. The zero-order valence-electron chi connectivity index (χ0n) is 16.1. The molecule has 0 aromatic rings. The van der Waals surface area contributed by atoms with E-state index in [0.717, 1.165) is 5.06 Å². The van der Waals surface area contributed by atoms with Gasteiger partial charge < -0.3 is 5.11 Å². The van der Waals surface area contributed by atoms with Gasteiger partial charge in [0.2, 0.25) is 0 Å². The third-order valence-electron chi connectivity index (χ3n) is 4.53. The molecule has 2 atom stereocenters. The lowest BCUT2D eigenvalue weighted by Gasteiger charge is -2.41. The van der Waals surface area contributed by atoms with Crippen molar-refractivity contribution >= 4 is 11.7 Å². The number of carbonyl (C=O) groups is 2. The number of rotatable bonds is 3. The number of hydroxylamine groups is 2. The van der Waals surface area contributed by atoms with E-state index in [1.54, 1.807) is 20.8 Å². The minimum absolute atomic E-state index is 0.0510. The zero-order chi connectivity index (χ0) is 18.4. The van der Waals surface area contributed by atoms with E-state index in [1.807, 2.05) is 41.5 Å². The number of hydrogen-bond donors (Lipinski definition) is 1. The second kappa shape index (κ2) is 5.85. The predicted octanol–water partition coefficient (Wildman–Crippen LogP) is 3.31. The summed E-state index contributed by atoms with van der Waals surface area (Å²) in [7, 11) is 0. The summed E-state index contributed by atoms with van der Waals surface area (Å²) in [6.45, 7) is 16.5. The highest BCUT2D eigenvalue weighted by Gasteiger charge is 2.60. The summed E-state index contributed by atoms with van der Waals surface area (Å²) < 4.78 is 0. The van der Waals surface area contributed by atoms with Crippen molar-refractivity contribution in [3.05, 3.63) is 0 Å². The van der Waals surface area contributed by atoms with Crippen LogP contribution in [-0.4, -0.2) is 33.2 Å². The van der Waals surface area contributed by atoms with Crippen molar-refractivity contribution < 1.29 is 19.5 Å². The van der Waals surface area contributed by atoms with Gasteiger partial charge in [0, 0.05) is 29.6 Å². The summed E-state index contributed by atoms with van der Waals surface area (Å²) in [6, 6.07) is 0. The summed E-state index contributed by atoms with van der Waals surface area (Å²) in [4.78, 5) is 30.9. The first-order valence-electron chi connectivity index (χ1n) is 8.32. The Hall–Kier alpha value is -0.940. The highest BCUT2D eigenvalue weighted by atomic mass is 16.7. The molecule has 1 fully saturated rings. The maximum Gasteiger partial charge on any atom is 0.251 e. The monoisotopic (exact) mass is 327 g/mol. The number of ketones is 1. The Morgan fingerprint density at radius 1 is 1.17 bits per heavy atom. The van der Waals surface area contributed by atoms with E-state index in [1.165, 1.54) is 0 Å². The van der Waals surface area contributed by atoms with Crippen LogP contribution in [-0.2, 0) is 14.4 Å². The van der Waals surface area contributed by atoms with Crippen LogP contribution in [0.25, 0.3) is 0 Å². The van der Waals surface area contributed by atoms with Crippen molar-refractivity contribution in [3.8, 4) is 0 Å². The SMILES string of the molecule is CC(C)C(=O)N1O[C@@](C)(CC(=O)C(C)(C)C)C[C@]1(O)C(C)(C)C. The fourth-order valence-corrected chi connectivity index (χ4v) is 2.65. The van der Waals surface area contributed by atoms with Gasteiger partial charge in [0.25, 0.3) is 5.91 Å². The highest BCUT2D eigenvalue weighted by Crippen LogP contribution is 2.49. The van der Waals surface area contributed by atoms with Gasteiger partial charge in [-0.05, 0) is 6.92 Å². The summed E-state index contributed by atoms with van der Waals surface area (Å²) in [5.41, 5.74) is -3.42. The first-order chi connectivity index (χ1) is 10.0. The van der Waals surface area contributed by atoms with E-state index in [2.05, 4.69) is 0 Å². The summed E-state index contributed by atoms with van der Waals surface area (Å²) >= 11 is 0. The van der Waals surface area contributed by atoms with Gasteiger partial charge in [-0.15, -0.1) is 0 Å². The lowest BCUT2D eigenvalue weighted by Crippen LogP contribution is -2.56. The third kappa shape index (κ3) is 3.94. The van der Waals surface area contributed by atoms with E-state index >= 15 is 0 Å². The molecule has 5 nitrogen and oxygen atoms in total. The van der Waals surface area contributed by atoms with E-state index in [-0.39, 0.29) is 30.4 Å². The Morgan fingerprint density at radius 2 is 1.65 bits per heavy atom. The molecule has 1 aliphatic rings. The fourth-order valence-electron chi connectivity index (χ4n) is 2.65. The molecule has 0 aromatic carbocycles. The second-order valence-corrected chi connectivity index (χ2v) is 9.42. The quantitative estimate of drug-likeness (QED) is 0.863. The molecule has 23 heavy (non-hydrogen) atoms. The molecule has 134 valence electrons. The lowest BCUT2D eigenvalue weighted by atomic mass is 9.75. The number of aliphatic hydroxyl groups is 1. The van der Waals surface area contributed by atoms with Gasteiger partial charge in [-0.1, -0.05) is 55.4 Å². The highest BCUT2D eigenvalue weighted by molar-refractivity contribution is 5.84. The molecule has 1 heterocycles. The molecule has 0 radical (unpaired) electrons. The van der Waals surface area contributed by atoms with Crippen LogP contribution >= 0.6 is 0 Å². The number of carbonyl (C=O) groups excluding carboxylic acids is 2. The molecule has 1 saturated heterocycles. The molecule has 1 N–H and O–H groups in total. The van der Waals surface area contributed by atoms with Crippen molar-refractivity contribution in [2.75, 3.05) is 0 Å². The number of nitrogens with zero attached hydrogens (tertiary/aromatic N) is 1. The van der Waals surface area contributed by atoms with E-state index < -0.39 is 22.2 Å². The van der Waals surface area contributed by atoms with Gasteiger partial charge in [-0.25, -0.2) is 0 Å². The molecular weight excluding hydrogens is 294 g/mol. The van der Waals surface area contributed by atoms with Crippen LogP contribution in [0.15, 0.2) is 0 Å². The average Bonchev–Trinajstić information content (AvgIpc) is 2.59. The van der Waals surface area contributed by atoms with Gasteiger partial charge in [0.05, 0.1) is 0 Å². The number of Topliss-reactive ketones (excluding diaryl/α,β-unsaturated/α-hetero) is 1. The zero-order valence-corrected chi connectivity index (χ0v) is 16.1. The largest absolute Gasteiger partial charge is 0.368 e. The Balaban J connectivity index is 3.19. The Morgan fingerprint density at radius 3 is 2.00 bits per heavy atom. The van der Waals surface area contributed by atoms with Crippen molar-refractivity contribution in [2.24, 2.45) is 16.7 Å². The van der Waals surface area contributed by atoms with Crippen LogP contribution in [0.5, 0.6) is 0 Å². The van der Waals surface area contributed by atoms with Gasteiger partial charge >= 0.3 is 0 Å². The van der Waals surface area contributed by atoms with Gasteiger partial charge in [0.15, 0.2) is 5.72 Å². The molecule has 1 amide bonds. The van der Waals surface area contributed by atoms with E-state index in [0.29, 0.717) is 0 Å². The normalized spacial score (nSPS) is 29.3. The Kier molecular flexibility index (Phi) is 5.11. The minimum atomic E-state index is -1.44. The van der Waals surface area contributed by atoms with Crippen LogP contribution in [0.1, 0.15) is 75.2 Å².